The van der Waals surface area contributed by atoms with E-state index in [1.165, 1.54) is 4.31 Å². The van der Waals surface area contributed by atoms with E-state index in [9.17, 15) is 8.42 Å². The van der Waals surface area contributed by atoms with Crippen molar-refractivity contribution in [3.63, 3.8) is 0 Å². The molecule has 8 heteroatoms. The average molecular weight is 445 g/mol. The lowest BCUT2D eigenvalue weighted by atomic mass is 10.4. The molecule has 0 aliphatic rings. The van der Waals surface area contributed by atoms with E-state index in [4.69, 9.17) is 9.47 Å². The van der Waals surface area contributed by atoms with Gasteiger partial charge >= 0.3 is 0 Å². The molecule has 0 aliphatic heterocycles. The van der Waals surface area contributed by atoms with Crippen molar-refractivity contribution in [2.24, 2.45) is 0 Å². The Morgan fingerprint density at radius 3 is 2.33 bits per heavy atom. The summed E-state index contributed by atoms with van der Waals surface area (Å²) in [5.74, 6) is 0. The third kappa shape index (κ3) is 5.61. The van der Waals surface area contributed by atoms with Gasteiger partial charge in [-0.15, -0.1) is 0 Å². The van der Waals surface area contributed by atoms with Gasteiger partial charge in [0.2, 0.25) is 10.0 Å². The SMILES string of the molecule is COCCCN(CCOC)S(=O)(=O)c1ccc(Br)cc1Br. The van der Waals surface area contributed by atoms with Gasteiger partial charge in [0.05, 0.1) is 11.5 Å². The third-order valence-electron chi connectivity index (χ3n) is 2.81. The maximum absolute atomic E-state index is 12.7. The molecule has 0 aliphatic carbocycles. The van der Waals surface area contributed by atoms with Gasteiger partial charge in [-0.1, -0.05) is 15.9 Å². The molecule has 0 aromatic heterocycles. The van der Waals surface area contributed by atoms with Crippen LogP contribution in [0.25, 0.3) is 0 Å². The normalized spacial score (nSPS) is 12.0. The molecule has 0 amide bonds. The first-order valence-electron chi connectivity index (χ1n) is 6.36. The Balaban J connectivity index is 3.01. The minimum absolute atomic E-state index is 0.249. The molecule has 0 N–H and O–H groups in total. The molecule has 1 rings (SSSR count). The Labute approximate surface area is 142 Å². The number of nitrogens with zero attached hydrogens (tertiary/aromatic N) is 1. The molecule has 0 atom stereocenters. The number of rotatable bonds is 9. The van der Waals surface area contributed by atoms with E-state index in [0.29, 0.717) is 37.2 Å². The molecule has 0 unspecified atom stereocenters. The molecule has 0 fully saturated rings. The highest BCUT2D eigenvalue weighted by Crippen LogP contribution is 2.28. The second-order valence-electron chi connectivity index (χ2n) is 4.32. The fourth-order valence-electron chi connectivity index (χ4n) is 1.75. The summed E-state index contributed by atoms with van der Waals surface area (Å²) in [6, 6.07) is 5.01. The highest BCUT2D eigenvalue weighted by molar-refractivity contribution is 9.11. The standard InChI is InChI=1S/C13H19Br2NO4S/c1-19-8-3-6-16(7-9-20-2)21(17,18)13-5-4-11(14)10-12(13)15/h4-5,10H,3,6-9H2,1-2H3. The molecular weight excluding hydrogens is 426 g/mol. The number of benzene rings is 1. The Hall–Kier alpha value is 0.01000. The van der Waals surface area contributed by atoms with Crippen LogP contribution in [0.2, 0.25) is 0 Å². The summed E-state index contributed by atoms with van der Waals surface area (Å²) in [6.07, 6.45) is 0.633. The zero-order chi connectivity index (χ0) is 15.9. The predicted molar refractivity (Wildman–Crippen MR) is 89.0 cm³/mol. The van der Waals surface area contributed by atoms with Gasteiger partial charge < -0.3 is 9.47 Å². The Kier molecular flexibility index (Phi) is 8.36. The quantitative estimate of drug-likeness (QED) is 0.549. The molecule has 0 heterocycles. The molecule has 21 heavy (non-hydrogen) atoms. The van der Waals surface area contributed by atoms with Crippen molar-refractivity contribution >= 4 is 41.9 Å². The molecule has 1 aromatic carbocycles. The van der Waals surface area contributed by atoms with Crippen LogP contribution in [0.4, 0.5) is 0 Å². The molecule has 120 valence electrons. The summed E-state index contributed by atoms with van der Waals surface area (Å²) in [7, 11) is -0.424. The summed E-state index contributed by atoms with van der Waals surface area (Å²) < 4.78 is 38.3. The Bertz CT molecular complexity index is 551. The predicted octanol–water partition coefficient (Wildman–Crippen LogP) is 2.89. The van der Waals surface area contributed by atoms with Crippen LogP contribution in [-0.4, -0.2) is 53.2 Å². The number of methoxy groups -OCH3 is 2. The van der Waals surface area contributed by atoms with Crippen LogP contribution < -0.4 is 0 Å². The number of ether oxygens (including phenoxy) is 2. The number of sulfonamides is 1. The number of hydrogen-bond acceptors (Lipinski definition) is 4. The topological polar surface area (TPSA) is 55.8 Å². The van der Waals surface area contributed by atoms with E-state index in [1.54, 1.807) is 32.4 Å². The van der Waals surface area contributed by atoms with E-state index in [0.717, 1.165) is 4.47 Å². The van der Waals surface area contributed by atoms with Crippen LogP contribution in [0.15, 0.2) is 32.0 Å². The number of hydrogen-bond donors (Lipinski definition) is 0. The van der Waals surface area contributed by atoms with Crippen LogP contribution in [0.1, 0.15) is 6.42 Å². The lowest BCUT2D eigenvalue weighted by Crippen LogP contribution is -2.35. The first-order valence-corrected chi connectivity index (χ1v) is 9.39. The maximum atomic E-state index is 12.7. The van der Waals surface area contributed by atoms with Crippen LogP contribution in [0, 0.1) is 0 Å². The van der Waals surface area contributed by atoms with Gasteiger partial charge in [-0.25, -0.2) is 8.42 Å². The summed E-state index contributed by atoms with van der Waals surface area (Å²) in [5, 5.41) is 0. The Morgan fingerprint density at radius 1 is 1.10 bits per heavy atom. The summed E-state index contributed by atoms with van der Waals surface area (Å²) in [5.41, 5.74) is 0. The number of halogens is 2. The van der Waals surface area contributed by atoms with Crippen LogP contribution in [0.3, 0.4) is 0 Å². The van der Waals surface area contributed by atoms with Crippen LogP contribution >= 0.6 is 31.9 Å². The van der Waals surface area contributed by atoms with Crippen molar-refractivity contribution in [3.8, 4) is 0 Å². The van der Waals surface area contributed by atoms with Crippen molar-refractivity contribution in [1.82, 2.24) is 4.31 Å². The molecular formula is C13H19Br2NO4S. The van der Waals surface area contributed by atoms with Crippen molar-refractivity contribution in [3.05, 3.63) is 27.1 Å². The van der Waals surface area contributed by atoms with E-state index in [-0.39, 0.29) is 4.90 Å². The summed E-state index contributed by atoms with van der Waals surface area (Å²) in [4.78, 5) is 0.249. The van der Waals surface area contributed by atoms with Gasteiger partial charge in [-0.2, -0.15) is 4.31 Å². The third-order valence-corrected chi connectivity index (χ3v) is 6.18. The molecule has 5 nitrogen and oxygen atoms in total. The fourth-order valence-corrected chi connectivity index (χ4v) is 4.92. The van der Waals surface area contributed by atoms with Gasteiger partial charge in [0.1, 0.15) is 0 Å². The van der Waals surface area contributed by atoms with E-state index in [2.05, 4.69) is 31.9 Å². The first-order chi connectivity index (χ1) is 9.93. The summed E-state index contributed by atoms with van der Waals surface area (Å²) >= 11 is 6.63. The van der Waals surface area contributed by atoms with Gasteiger partial charge in [0.25, 0.3) is 0 Å². The monoisotopic (exact) mass is 443 g/mol. The highest BCUT2D eigenvalue weighted by atomic mass is 79.9. The molecule has 0 saturated carbocycles. The lowest BCUT2D eigenvalue weighted by molar-refractivity contribution is 0.164. The lowest BCUT2D eigenvalue weighted by Gasteiger charge is -2.22. The van der Waals surface area contributed by atoms with Crippen LogP contribution in [0.5, 0.6) is 0 Å². The molecule has 1 aromatic rings. The van der Waals surface area contributed by atoms with Gasteiger partial charge in [-0.05, 0) is 40.5 Å². The van der Waals surface area contributed by atoms with E-state index < -0.39 is 10.0 Å². The van der Waals surface area contributed by atoms with Gasteiger partial charge in [0, 0.05) is 42.9 Å². The first kappa shape index (κ1) is 19.1. The fraction of sp³-hybridized carbons (Fsp3) is 0.538. The maximum Gasteiger partial charge on any atom is 0.244 e. The van der Waals surface area contributed by atoms with Crippen LogP contribution in [-0.2, 0) is 19.5 Å². The Morgan fingerprint density at radius 2 is 1.76 bits per heavy atom. The van der Waals surface area contributed by atoms with Gasteiger partial charge in [0.15, 0.2) is 0 Å². The molecule has 0 bridgehead atoms. The smallest absolute Gasteiger partial charge is 0.244 e. The second kappa shape index (κ2) is 9.22. The van der Waals surface area contributed by atoms with Crippen molar-refractivity contribution < 1.29 is 17.9 Å². The highest BCUT2D eigenvalue weighted by Gasteiger charge is 2.26. The van der Waals surface area contributed by atoms with Crippen molar-refractivity contribution in [2.75, 3.05) is 40.5 Å². The zero-order valence-corrected chi connectivity index (χ0v) is 16.0. The minimum Gasteiger partial charge on any atom is -0.385 e. The minimum atomic E-state index is -3.57. The molecule has 0 spiro atoms. The average Bonchev–Trinajstić information content (AvgIpc) is 2.42. The molecule has 0 saturated heterocycles. The van der Waals surface area contributed by atoms with Crippen molar-refractivity contribution in [2.45, 2.75) is 11.3 Å². The van der Waals surface area contributed by atoms with Crippen molar-refractivity contribution in [1.29, 1.82) is 0 Å². The second-order valence-corrected chi connectivity index (χ2v) is 7.99. The van der Waals surface area contributed by atoms with E-state index in [1.807, 2.05) is 0 Å². The van der Waals surface area contributed by atoms with E-state index >= 15 is 0 Å². The van der Waals surface area contributed by atoms with Gasteiger partial charge in [-0.3, -0.25) is 0 Å². The zero-order valence-electron chi connectivity index (χ0n) is 12.0. The largest absolute Gasteiger partial charge is 0.385 e. The molecule has 0 radical (unpaired) electrons. The summed E-state index contributed by atoms with van der Waals surface area (Å²) in [6.45, 7) is 1.56.